The number of nitrogens with zero attached hydrogens (tertiary/aromatic N) is 1. The van der Waals surface area contributed by atoms with Crippen LogP contribution < -0.4 is 16.4 Å². The third-order valence-electron chi connectivity index (χ3n) is 2.94. The molecule has 0 heterocycles. The van der Waals surface area contributed by atoms with Gasteiger partial charge in [0.15, 0.2) is 5.96 Å². The Bertz CT molecular complexity index is 267. The number of rotatable bonds is 7. The molecule has 6 heteroatoms. The highest BCUT2D eigenvalue weighted by molar-refractivity contribution is 14.0. The van der Waals surface area contributed by atoms with Crippen molar-refractivity contribution in [2.75, 3.05) is 19.6 Å². The van der Waals surface area contributed by atoms with Crippen LogP contribution in [0, 0.1) is 5.92 Å². The summed E-state index contributed by atoms with van der Waals surface area (Å²) in [6.45, 7) is 4.29. The van der Waals surface area contributed by atoms with Crippen molar-refractivity contribution in [3.63, 3.8) is 0 Å². The van der Waals surface area contributed by atoms with Crippen LogP contribution in [0.1, 0.15) is 39.0 Å². The molecule has 18 heavy (non-hydrogen) atoms. The van der Waals surface area contributed by atoms with Crippen LogP contribution in [0.25, 0.3) is 0 Å². The highest BCUT2D eigenvalue weighted by Crippen LogP contribution is 2.25. The molecule has 1 fully saturated rings. The first-order valence-corrected chi connectivity index (χ1v) is 6.55. The van der Waals surface area contributed by atoms with Gasteiger partial charge in [-0.1, -0.05) is 13.3 Å². The zero-order valence-electron chi connectivity index (χ0n) is 11.1. The van der Waals surface area contributed by atoms with E-state index >= 15 is 0 Å². The van der Waals surface area contributed by atoms with E-state index in [0.717, 1.165) is 38.8 Å². The van der Waals surface area contributed by atoms with Crippen LogP contribution in [-0.2, 0) is 4.79 Å². The third kappa shape index (κ3) is 7.03. The molecule has 1 aliphatic carbocycles. The summed E-state index contributed by atoms with van der Waals surface area (Å²) >= 11 is 0. The molecular weight excluding hydrogens is 343 g/mol. The first kappa shape index (κ1) is 17.5. The Labute approximate surface area is 126 Å². The SMILES string of the molecule is CCCN=C(N)NCCCNC(=O)C1CCC1.I. The Morgan fingerprint density at radius 3 is 2.56 bits per heavy atom. The second-order valence-corrected chi connectivity index (χ2v) is 4.47. The fraction of sp³-hybridized carbons (Fsp3) is 0.833. The second kappa shape index (κ2) is 10.4. The Morgan fingerprint density at radius 2 is 2.00 bits per heavy atom. The van der Waals surface area contributed by atoms with Crippen molar-refractivity contribution in [1.29, 1.82) is 0 Å². The van der Waals surface area contributed by atoms with Crippen molar-refractivity contribution in [2.24, 2.45) is 16.6 Å². The zero-order valence-corrected chi connectivity index (χ0v) is 13.4. The van der Waals surface area contributed by atoms with Crippen LogP contribution in [0.2, 0.25) is 0 Å². The molecule has 0 spiro atoms. The topological polar surface area (TPSA) is 79.5 Å². The normalized spacial score (nSPS) is 15.5. The average Bonchev–Trinajstić information content (AvgIpc) is 2.23. The molecule has 1 saturated carbocycles. The number of hydrogen-bond acceptors (Lipinski definition) is 2. The number of nitrogens with two attached hydrogens (primary N) is 1. The maximum Gasteiger partial charge on any atom is 0.223 e. The average molecular weight is 368 g/mol. The minimum absolute atomic E-state index is 0. The lowest BCUT2D eigenvalue weighted by Gasteiger charge is -2.24. The van der Waals surface area contributed by atoms with E-state index in [1.807, 2.05) is 0 Å². The van der Waals surface area contributed by atoms with Gasteiger partial charge >= 0.3 is 0 Å². The van der Waals surface area contributed by atoms with Gasteiger partial charge < -0.3 is 16.4 Å². The number of guanidine groups is 1. The molecule has 0 saturated heterocycles. The van der Waals surface area contributed by atoms with Crippen molar-refractivity contribution in [1.82, 2.24) is 10.6 Å². The molecule has 1 amide bonds. The van der Waals surface area contributed by atoms with Crippen LogP contribution in [-0.4, -0.2) is 31.5 Å². The largest absolute Gasteiger partial charge is 0.370 e. The summed E-state index contributed by atoms with van der Waals surface area (Å²) in [5.74, 6) is 0.986. The number of carbonyl (C=O) groups excluding carboxylic acids is 1. The molecular formula is C12H25IN4O. The van der Waals surface area contributed by atoms with E-state index in [2.05, 4.69) is 22.5 Å². The fourth-order valence-electron chi connectivity index (χ4n) is 1.62. The van der Waals surface area contributed by atoms with E-state index in [0.29, 0.717) is 12.5 Å². The maximum absolute atomic E-state index is 11.5. The van der Waals surface area contributed by atoms with E-state index in [1.165, 1.54) is 6.42 Å². The molecule has 0 aromatic rings. The summed E-state index contributed by atoms with van der Waals surface area (Å²) in [7, 11) is 0. The highest BCUT2D eigenvalue weighted by Gasteiger charge is 2.24. The smallest absolute Gasteiger partial charge is 0.223 e. The Balaban J connectivity index is 0.00000289. The molecule has 1 aliphatic rings. The van der Waals surface area contributed by atoms with Gasteiger partial charge in [0.1, 0.15) is 0 Å². The van der Waals surface area contributed by atoms with Crippen LogP contribution >= 0.6 is 24.0 Å². The summed E-state index contributed by atoms with van der Waals surface area (Å²) in [6.07, 6.45) is 5.19. The third-order valence-corrected chi connectivity index (χ3v) is 2.94. The Hall–Kier alpha value is -0.530. The van der Waals surface area contributed by atoms with Crippen molar-refractivity contribution in [3.8, 4) is 0 Å². The summed E-state index contributed by atoms with van der Waals surface area (Å²) in [5, 5.41) is 5.97. The molecule has 1 rings (SSSR count). The molecule has 5 nitrogen and oxygen atoms in total. The molecule has 106 valence electrons. The lowest BCUT2D eigenvalue weighted by molar-refractivity contribution is -0.127. The number of carbonyl (C=O) groups is 1. The molecule has 0 aromatic heterocycles. The van der Waals surface area contributed by atoms with Gasteiger partial charge in [-0.05, 0) is 25.7 Å². The van der Waals surface area contributed by atoms with Crippen LogP contribution in [0.4, 0.5) is 0 Å². The van der Waals surface area contributed by atoms with E-state index in [-0.39, 0.29) is 35.8 Å². The predicted molar refractivity (Wildman–Crippen MR) is 85.2 cm³/mol. The van der Waals surface area contributed by atoms with Crippen LogP contribution in [0.15, 0.2) is 4.99 Å². The maximum atomic E-state index is 11.5. The van der Waals surface area contributed by atoms with Gasteiger partial charge in [-0.3, -0.25) is 9.79 Å². The van der Waals surface area contributed by atoms with E-state index in [1.54, 1.807) is 0 Å². The second-order valence-electron chi connectivity index (χ2n) is 4.47. The summed E-state index contributed by atoms with van der Waals surface area (Å²) in [6, 6.07) is 0. The van der Waals surface area contributed by atoms with Gasteiger partial charge in [0.25, 0.3) is 0 Å². The van der Waals surface area contributed by atoms with Crippen molar-refractivity contribution in [2.45, 2.75) is 39.0 Å². The number of nitrogens with one attached hydrogen (secondary N) is 2. The minimum Gasteiger partial charge on any atom is -0.370 e. The predicted octanol–water partition coefficient (Wildman–Crippen LogP) is 1.23. The Kier molecular flexibility index (Phi) is 10.1. The first-order chi connectivity index (χ1) is 8.24. The number of amides is 1. The van der Waals surface area contributed by atoms with E-state index in [9.17, 15) is 4.79 Å². The molecule has 0 atom stereocenters. The highest BCUT2D eigenvalue weighted by atomic mass is 127. The van der Waals surface area contributed by atoms with Gasteiger partial charge in [0, 0.05) is 25.6 Å². The monoisotopic (exact) mass is 368 g/mol. The molecule has 0 aliphatic heterocycles. The van der Waals surface area contributed by atoms with E-state index < -0.39 is 0 Å². The zero-order chi connectivity index (χ0) is 12.5. The minimum atomic E-state index is 0. The fourth-order valence-corrected chi connectivity index (χ4v) is 1.62. The summed E-state index contributed by atoms with van der Waals surface area (Å²) in [5.41, 5.74) is 5.63. The molecule has 0 aromatic carbocycles. The van der Waals surface area contributed by atoms with Crippen LogP contribution in [0.5, 0.6) is 0 Å². The standard InChI is InChI=1S/C12H24N4O.HI/c1-2-7-15-12(13)16-9-4-8-14-11(17)10-5-3-6-10;/h10H,2-9H2,1H3,(H,14,17)(H3,13,15,16);1H. The quantitative estimate of drug-likeness (QED) is 0.274. The first-order valence-electron chi connectivity index (χ1n) is 6.55. The van der Waals surface area contributed by atoms with Gasteiger partial charge in [-0.2, -0.15) is 0 Å². The number of halogens is 1. The van der Waals surface area contributed by atoms with E-state index in [4.69, 9.17) is 5.73 Å². The number of hydrogen-bond donors (Lipinski definition) is 3. The molecule has 4 N–H and O–H groups in total. The van der Waals surface area contributed by atoms with Crippen molar-refractivity contribution >= 4 is 35.8 Å². The van der Waals surface area contributed by atoms with Crippen molar-refractivity contribution in [3.05, 3.63) is 0 Å². The molecule has 0 unspecified atom stereocenters. The molecule has 0 bridgehead atoms. The Morgan fingerprint density at radius 1 is 1.33 bits per heavy atom. The van der Waals surface area contributed by atoms with Gasteiger partial charge in [-0.15, -0.1) is 24.0 Å². The summed E-state index contributed by atoms with van der Waals surface area (Å²) < 4.78 is 0. The number of aliphatic imine (C=N–C) groups is 1. The van der Waals surface area contributed by atoms with Gasteiger partial charge in [0.05, 0.1) is 0 Å². The molecule has 0 radical (unpaired) electrons. The summed E-state index contributed by atoms with van der Waals surface area (Å²) in [4.78, 5) is 15.6. The van der Waals surface area contributed by atoms with Crippen molar-refractivity contribution < 1.29 is 4.79 Å². The lowest BCUT2D eigenvalue weighted by atomic mass is 9.85. The van der Waals surface area contributed by atoms with Gasteiger partial charge in [0.2, 0.25) is 5.91 Å². The van der Waals surface area contributed by atoms with Gasteiger partial charge in [-0.25, -0.2) is 0 Å². The van der Waals surface area contributed by atoms with Crippen LogP contribution in [0.3, 0.4) is 0 Å². The lowest BCUT2D eigenvalue weighted by Crippen LogP contribution is -2.37.